The van der Waals surface area contributed by atoms with Crippen LogP contribution in [0.1, 0.15) is 52.0 Å². The van der Waals surface area contributed by atoms with E-state index in [-0.39, 0.29) is 6.04 Å². The molecule has 3 nitrogen and oxygen atoms in total. The maximum atomic E-state index is 4.43. The van der Waals surface area contributed by atoms with Gasteiger partial charge in [0, 0.05) is 24.5 Å². The van der Waals surface area contributed by atoms with Crippen LogP contribution in [0.5, 0.6) is 0 Å². The van der Waals surface area contributed by atoms with E-state index in [9.17, 15) is 0 Å². The summed E-state index contributed by atoms with van der Waals surface area (Å²) in [7, 11) is 0. The first-order valence-electron chi connectivity index (χ1n) is 6.32. The maximum absolute atomic E-state index is 4.43. The highest BCUT2D eigenvalue weighted by atomic mass is 15.1. The first-order chi connectivity index (χ1) is 7.78. The van der Waals surface area contributed by atoms with Crippen LogP contribution in [0.4, 0.5) is 0 Å². The molecule has 1 heterocycles. The lowest BCUT2D eigenvalue weighted by molar-refractivity contribution is 0.457. The Morgan fingerprint density at radius 2 is 1.65 bits per heavy atom. The zero-order chi connectivity index (χ0) is 12.8. The Kier molecular flexibility index (Phi) is 2.77. The molecule has 1 aromatic heterocycles. The Morgan fingerprint density at radius 1 is 1.12 bits per heavy atom. The van der Waals surface area contributed by atoms with Crippen molar-refractivity contribution in [2.75, 3.05) is 0 Å². The molecule has 1 saturated carbocycles. The van der Waals surface area contributed by atoms with E-state index >= 15 is 0 Å². The van der Waals surface area contributed by atoms with E-state index in [0.717, 1.165) is 11.4 Å². The maximum Gasteiger partial charge on any atom is 0.0782 e. The minimum atomic E-state index is 0.259. The Labute approximate surface area is 104 Å². The lowest BCUT2D eigenvalue weighted by atomic mass is 10.0. The summed E-state index contributed by atoms with van der Waals surface area (Å²) in [5.74, 6) is 0. The first-order valence-corrected chi connectivity index (χ1v) is 6.32. The smallest absolute Gasteiger partial charge is 0.0782 e. The van der Waals surface area contributed by atoms with Gasteiger partial charge in [-0.3, -0.25) is 9.97 Å². The third-order valence-corrected chi connectivity index (χ3v) is 4.77. The second-order valence-corrected chi connectivity index (χ2v) is 6.29. The molecule has 1 atom stereocenters. The zero-order valence-corrected chi connectivity index (χ0v) is 11.7. The van der Waals surface area contributed by atoms with E-state index in [4.69, 9.17) is 0 Å². The predicted octanol–water partition coefficient (Wildman–Crippen LogP) is 2.87. The van der Waals surface area contributed by atoms with E-state index in [1.54, 1.807) is 12.4 Å². The quantitative estimate of drug-likeness (QED) is 0.872. The molecule has 3 heteroatoms. The van der Waals surface area contributed by atoms with Gasteiger partial charge in [0.15, 0.2) is 0 Å². The van der Waals surface area contributed by atoms with Crippen molar-refractivity contribution >= 4 is 0 Å². The van der Waals surface area contributed by atoms with Crippen LogP contribution in [0.2, 0.25) is 0 Å². The van der Waals surface area contributed by atoms with Crippen LogP contribution in [0.25, 0.3) is 0 Å². The molecule has 0 saturated heterocycles. The largest absolute Gasteiger partial charge is 0.305 e. The van der Waals surface area contributed by atoms with E-state index in [0.29, 0.717) is 16.9 Å². The fraction of sp³-hybridized carbons (Fsp3) is 0.714. The molecule has 0 spiro atoms. The third-order valence-electron chi connectivity index (χ3n) is 4.77. The Balaban J connectivity index is 2.10. The number of aryl methyl sites for hydroxylation is 1. The number of nitrogens with zero attached hydrogens (tertiary/aromatic N) is 2. The molecule has 1 fully saturated rings. The van der Waals surface area contributed by atoms with Gasteiger partial charge in [0.1, 0.15) is 0 Å². The molecular formula is C14H23N3. The summed E-state index contributed by atoms with van der Waals surface area (Å²) in [6.07, 6.45) is 3.51. The summed E-state index contributed by atoms with van der Waals surface area (Å²) in [6, 6.07) is 0.807. The molecule has 0 radical (unpaired) electrons. The lowest BCUT2D eigenvalue weighted by Crippen LogP contribution is -2.27. The molecule has 17 heavy (non-hydrogen) atoms. The van der Waals surface area contributed by atoms with Crippen LogP contribution in [-0.2, 0) is 0 Å². The molecule has 0 aliphatic heterocycles. The van der Waals surface area contributed by atoms with Crippen LogP contribution >= 0.6 is 0 Å². The van der Waals surface area contributed by atoms with Crippen LogP contribution in [-0.4, -0.2) is 16.0 Å². The van der Waals surface area contributed by atoms with E-state index < -0.39 is 0 Å². The summed E-state index contributed by atoms with van der Waals surface area (Å²) < 4.78 is 0. The standard InChI is InChI=1S/C14H23N3/c1-9-11(16-8-7-15-9)10(2)17-12-13(3,4)14(12,5)6/h7-8,10,12,17H,1-6H3. The normalized spacial score (nSPS) is 23.4. The van der Waals surface area contributed by atoms with Gasteiger partial charge in [-0.1, -0.05) is 27.7 Å². The van der Waals surface area contributed by atoms with Crippen LogP contribution in [0.15, 0.2) is 12.4 Å². The van der Waals surface area contributed by atoms with Gasteiger partial charge < -0.3 is 5.32 Å². The van der Waals surface area contributed by atoms with Crippen molar-refractivity contribution in [3.8, 4) is 0 Å². The number of hydrogen-bond acceptors (Lipinski definition) is 3. The van der Waals surface area contributed by atoms with E-state index in [2.05, 4.69) is 49.9 Å². The number of rotatable bonds is 3. The van der Waals surface area contributed by atoms with Crippen molar-refractivity contribution in [1.82, 2.24) is 15.3 Å². The molecular weight excluding hydrogens is 210 g/mol. The van der Waals surface area contributed by atoms with Gasteiger partial charge in [-0.15, -0.1) is 0 Å². The highest BCUT2D eigenvalue weighted by molar-refractivity contribution is 5.21. The molecule has 1 N–H and O–H groups in total. The summed E-state index contributed by atoms with van der Waals surface area (Å²) in [5, 5.41) is 3.69. The van der Waals surface area contributed by atoms with E-state index in [1.807, 2.05) is 6.92 Å². The van der Waals surface area contributed by atoms with Crippen molar-refractivity contribution in [3.05, 3.63) is 23.8 Å². The fourth-order valence-electron chi connectivity index (χ4n) is 2.79. The second-order valence-electron chi connectivity index (χ2n) is 6.29. The lowest BCUT2D eigenvalue weighted by Gasteiger charge is -2.16. The van der Waals surface area contributed by atoms with Gasteiger partial charge in [0.25, 0.3) is 0 Å². The van der Waals surface area contributed by atoms with Crippen LogP contribution < -0.4 is 5.32 Å². The monoisotopic (exact) mass is 233 g/mol. The molecule has 94 valence electrons. The average Bonchev–Trinajstić information content (AvgIpc) is 2.61. The van der Waals surface area contributed by atoms with Gasteiger partial charge in [-0.05, 0) is 24.7 Å². The minimum absolute atomic E-state index is 0.259. The summed E-state index contributed by atoms with van der Waals surface area (Å²) in [4.78, 5) is 8.73. The highest BCUT2D eigenvalue weighted by Gasteiger charge is 2.64. The third kappa shape index (κ3) is 1.86. The summed E-state index contributed by atoms with van der Waals surface area (Å²) >= 11 is 0. The zero-order valence-electron chi connectivity index (χ0n) is 11.7. The first kappa shape index (κ1) is 12.5. The Hall–Kier alpha value is -0.960. The molecule has 0 bridgehead atoms. The SMILES string of the molecule is Cc1nccnc1C(C)NC1C(C)(C)C1(C)C. The Morgan fingerprint density at radius 3 is 2.12 bits per heavy atom. The second kappa shape index (κ2) is 3.77. The molecule has 2 rings (SSSR count). The number of aromatic nitrogens is 2. The van der Waals surface area contributed by atoms with Gasteiger partial charge >= 0.3 is 0 Å². The molecule has 1 unspecified atom stereocenters. The molecule has 0 amide bonds. The summed E-state index contributed by atoms with van der Waals surface area (Å²) in [6.45, 7) is 13.5. The molecule has 0 aromatic carbocycles. The molecule has 1 aliphatic carbocycles. The highest BCUT2D eigenvalue weighted by Crippen LogP contribution is 2.63. The van der Waals surface area contributed by atoms with Crippen LogP contribution in [0.3, 0.4) is 0 Å². The summed E-state index contributed by atoms with van der Waals surface area (Å²) in [5.41, 5.74) is 2.80. The topological polar surface area (TPSA) is 37.8 Å². The van der Waals surface area contributed by atoms with Crippen molar-refractivity contribution in [2.45, 2.75) is 53.6 Å². The van der Waals surface area contributed by atoms with Gasteiger partial charge in [-0.2, -0.15) is 0 Å². The van der Waals surface area contributed by atoms with Crippen molar-refractivity contribution in [2.24, 2.45) is 10.8 Å². The molecule has 1 aromatic rings. The fourth-order valence-corrected chi connectivity index (χ4v) is 2.79. The predicted molar refractivity (Wildman–Crippen MR) is 69.7 cm³/mol. The average molecular weight is 233 g/mol. The van der Waals surface area contributed by atoms with Gasteiger partial charge in [-0.25, -0.2) is 0 Å². The van der Waals surface area contributed by atoms with E-state index in [1.165, 1.54) is 0 Å². The van der Waals surface area contributed by atoms with Gasteiger partial charge in [0.05, 0.1) is 11.4 Å². The van der Waals surface area contributed by atoms with Gasteiger partial charge in [0.2, 0.25) is 0 Å². The minimum Gasteiger partial charge on any atom is -0.305 e. The van der Waals surface area contributed by atoms with Crippen molar-refractivity contribution in [3.63, 3.8) is 0 Å². The molecule has 1 aliphatic rings. The van der Waals surface area contributed by atoms with Crippen molar-refractivity contribution in [1.29, 1.82) is 0 Å². The number of hydrogen-bond donors (Lipinski definition) is 1. The number of nitrogens with one attached hydrogen (secondary N) is 1. The Bertz CT molecular complexity index is 409. The van der Waals surface area contributed by atoms with Crippen molar-refractivity contribution < 1.29 is 0 Å². The van der Waals surface area contributed by atoms with Crippen LogP contribution in [0, 0.1) is 17.8 Å².